The van der Waals surface area contributed by atoms with Gasteiger partial charge in [-0.05, 0) is 24.3 Å². The minimum Gasteiger partial charge on any atom is -0.497 e. The number of para-hydroxylation sites is 1. The van der Waals surface area contributed by atoms with Gasteiger partial charge in [0.15, 0.2) is 5.82 Å². The molecule has 3 aromatic rings. The number of aromatic nitrogens is 3. The fourth-order valence-corrected chi connectivity index (χ4v) is 2.32. The Morgan fingerprint density at radius 3 is 2.56 bits per heavy atom. The molecule has 3 rings (SSSR count). The van der Waals surface area contributed by atoms with Gasteiger partial charge in [-0.15, -0.1) is 5.10 Å². The minimum atomic E-state index is 0.325. The number of benzene rings is 2. The topological polar surface area (TPSA) is 81.2 Å². The van der Waals surface area contributed by atoms with Crippen LogP contribution in [0.25, 0.3) is 0 Å². The molecule has 128 valence electrons. The van der Waals surface area contributed by atoms with E-state index < -0.39 is 0 Å². The van der Waals surface area contributed by atoms with Gasteiger partial charge < -0.3 is 20.1 Å². The SMILES string of the molecule is COc1ccc(Nc2cnnc(Nc3ccccc3Cl)n2)c(OC)c1. The number of hydrogen-bond acceptors (Lipinski definition) is 7. The number of nitrogens with one attached hydrogen (secondary N) is 2. The van der Waals surface area contributed by atoms with E-state index in [0.29, 0.717) is 34.0 Å². The van der Waals surface area contributed by atoms with Gasteiger partial charge >= 0.3 is 0 Å². The number of hydrogen-bond donors (Lipinski definition) is 2. The third-order valence-corrected chi connectivity index (χ3v) is 3.68. The molecule has 1 aromatic heterocycles. The molecule has 0 aliphatic carbocycles. The highest BCUT2D eigenvalue weighted by Gasteiger charge is 2.08. The molecule has 7 nitrogen and oxygen atoms in total. The zero-order chi connectivity index (χ0) is 17.6. The number of methoxy groups -OCH3 is 2. The van der Waals surface area contributed by atoms with Gasteiger partial charge in [-0.2, -0.15) is 10.1 Å². The van der Waals surface area contributed by atoms with Gasteiger partial charge in [0.25, 0.3) is 0 Å². The molecule has 0 saturated heterocycles. The fourth-order valence-electron chi connectivity index (χ4n) is 2.14. The number of nitrogens with zero attached hydrogens (tertiary/aromatic N) is 3. The van der Waals surface area contributed by atoms with Crippen LogP contribution in [0.3, 0.4) is 0 Å². The van der Waals surface area contributed by atoms with Crippen molar-refractivity contribution in [3.8, 4) is 11.5 Å². The Morgan fingerprint density at radius 1 is 0.960 bits per heavy atom. The van der Waals surface area contributed by atoms with Crippen LogP contribution >= 0.6 is 11.6 Å². The zero-order valence-electron chi connectivity index (χ0n) is 13.7. The predicted octanol–water partition coefficient (Wildman–Crippen LogP) is 4.03. The summed E-state index contributed by atoms with van der Waals surface area (Å²) in [7, 11) is 3.19. The Balaban J connectivity index is 1.81. The summed E-state index contributed by atoms with van der Waals surface area (Å²) in [4.78, 5) is 4.38. The highest BCUT2D eigenvalue weighted by Crippen LogP contribution is 2.31. The maximum atomic E-state index is 6.13. The van der Waals surface area contributed by atoms with E-state index in [9.17, 15) is 0 Å². The second kappa shape index (κ2) is 7.67. The molecular formula is C17H16ClN5O2. The van der Waals surface area contributed by atoms with Crippen molar-refractivity contribution in [2.24, 2.45) is 0 Å². The molecular weight excluding hydrogens is 342 g/mol. The van der Waals surface area contributed by atoms with Crippen LogP contribution in [0.5, 0.6) is 11.5 Å². The summed E-state index contributed by atoms with van der Waals surface area (Å²) in [5.41, 5.74) is 1.43. The van der Waals surface area contributed by atoms with Crippen LogP contribution in [-0.4, -0.2) is 29.4 Å². The van der Waals surface area contributed by atoms with Crippen molar-refractivity contribution in [3.63, 3.8) is 0 Å². The van der Waals surface area contributed by atoms with Crippen molar-refractivity contribution >= 4 is 34.7 Å². The second-order valence-corrected chi connectivity index (χ2v) is 5.37. The third kappa shape index (κ3) is 4.07. The first-order valence-electron chi connectivity index (χ1n) is 7.40. The van der Waals surface area contributed by atoms with Gasteiger partial charge in [-0.3, -0.25) is 0 Å². The first-order valence-corrected chi connectivity index (χ1v) is 7.77. The van der Waals surface area contributed by atoms with Crippen LogP contribution in [-0.2, 0) is 0 Å². The van der Waals surface area contributed by atoms with Gasteiger partial charge in [0.2, 0.25) is 5.95 Å². The fraction of sp³-hybridized carbons (Fsp3) is 0.118. The lowest BCUT2D eigenvalue weighted by molar-refractivity contribution is 0.395. The van der Waals surface area contributed by atoms with Gasteiger partial charge in [0.05, 0.1) is 36.8 Å². The van der Waals surface area contributed by atoms with E-state index in [1.165, 1.54) is 6.20 Å². The Kier molecular flexibility index (Phi) is 5.15. The molecule has 0 radical (unpaired) electrons. The average Bonchev–Trinajstić information content (AvgIpc) is 2.64. The Morgan fingerprint density at radius 2 is 1.80 bits per heavy atom. The summed E-state index contributed by atoms with van der Waals surface area (Å²) in [6, 6.07) is 12.8. The van der Waals surface area contributed by atoms with E-state index in [1.54, 1.807) is 26.4 Å². The zero-order valence-corrected chi connectivity index (χ0v) is 14.4. The third-order valence-electron chi connectivity index (χ3n) is 3.35. The van der Waals surface area contributed by atoms with Gasteiger partial charge in [0, 0.05) is 6.07 Å². The molecule has 25 heavy (non-hydrogen) atoms. The molecule has 1 heterocycles. The van der Waals surface area contributed by atoms with E-state index in [1.807, 2.05) is 30.3 Å². The van der Waals surface area contributed by atoms with Crippen molar-refractivity contribution in [2.45, 2.75) is 0 Å². The lowest BCUT2D eigenvalue weighted by Crippen LogP contribution is -2.03. The quantitative estimate of drug-likeness (QED) is 0.689. The molecule has 0 spiro atoms. The van der Waals surface area contributed by atoms with Crippen LogP contribution < -0.4 is 20.1 Å². The molecule has 2 aromatic carbocycles. The number of anilines is 4. The van der Waals surface area contributed by atoms with Crippen LogP contribution in [0.4, 0.5) is 23.1 Å². The molecule has 0 atom stereocenters. The van der Waals surface area contributed by atoms with Crippen LogP contribution in [0, 0.1) is 0 Å². The van der Waals surface area contributed by atoms with E-state index in [0.717, 1.165) is 5.69 Å². The summed E-state index contributed by atoms with van der Waals surface area (Å²) in [5, 5.41) is 14.7. The first-order chi connectivity index (χ1) is 12.2. The maximum absolute atomic E-state index is 6.13. The molecule has 0 aliphatic rings. The molecule has 8 heteroatoms. The van der Waals surface area contributed by atoms with E-state index in [-0.39, 0.29) is 0 Å². The highest BCUT2D eigenvalue weighted by molar-refractivity contribution is 6.33. The normalized spacial score (nSPS) is 10.2. The van der Waals surface area contributed by atoms with Crippen molar-refractivity contribution in [2.75, 3.05) is 24.9 Å². The second-order valence-electron chi connectivity index (χ2n) is 4.96. The Hall–Kier alpha value is -3.06. The molecule has 2 N–H and O–H groups in total. The average molecular weight is 358 g/mol. The summed E-state index contributed by atoms with van der Waals surface area (Å²) in [6.45, 7) is 0. The smallest absolute Gasteiger partial charge is 0.249 e. The summed E-state index contributed by atoms with van der Waals surface area (Å²) in [6.07, 6.45) is 1.52. The van der Waals surface area contributed by atoms with Crippen LogP contribution in [0.1, 0.15) is 0 Å². The lowest BCUT2D eigenvalue weighted by Gasteiger charge is -2.12. The standard InChI is InChI=1S/C17H16ClN5O2/c1-24-11-7-8-14(15(9-11)25-2)20-16-10-19-23-17(22-16)21-13-6-4-3-5-12(13)18/h3-10H,1-2H3,(H2,20,21,22,23). The van der Waals surface area contributed by atoms with Crippen molar-refractivity contribution in [1.82, 2.24) is 15.2 Å². The van der Waals surface area contributed by atoms with Crippen LogP contribution in [0.2, 0.25) is 5.02 Å². The van der Waals surface area contributed by atoms with E-state index in [2.05, 4.69) is 25.8 Å². The van der Waals surface area contributed by atoms with Gasteiger partial charge in [-0.25, -0.2) is 0 Å². The minimum absolute atomic E-state index is 0.325. The summed E-state index contributed by atoms with van der Waals surface area (Å²) in [5.74, 6) is 2.15. The molecule has 0 amide bonds. The molecule has 0 fully saturated rings. The first kappa shape index (κ1) is 16.8. The molecule has 0 unspecified atom stereocenters. The van der Waals surface area contributed by atoms with Crippen molar-refractivity contribution in [3.05, 3.63) is 53.7 Å². The summed E-state index contributed by atoms with van der Waals surface area (Å²) < 4.78 is 10.6. The van der Waals surface area contributed by atoms with Crippen molar-refractivity contribution < 1.29 is 9.47 Å². The highest BCUT2D eigenvalue weighted by atomic mass is 35.5. The van der Waals surface area contributed by atoms with Crippen molar-refractivity contribution in [1.29, 1.82) is 0 Å². The number of ether oxygens (including phenoxy) is 2. The number of rotatable bonds is 6. The van der Waals surface area contributed by atoms with Crippen LogP contribution in [0.15, 0.2) is 48.7 Å². The largest absolute Gasteiger partial charge is 0.497 e. The molecule has 0 bridgehead atoms. The predicted molar refractivity (Wildman–Crippen MR) is 97.4 cm³/mol. The van der Waals surface area contributed by atoms with E-state index in [4.69, 9.17) is 21.1 Å². The lowest BCUT2D eigenvalue weighted by atomic mass is 10.2. The van der Waals surface area contributed by atoms with Gasteiger partial charge in [-0.1, -0.05) is 23.7 Å². The molecule has 0 aliphatic heterocycles. The molecule has 0 saturated carbocycles. The number of halogens is 1. The van der Waals surface area contributed by atoms with E-state index >= 15 is 0 Å². The summed E-state index contributed by atoms with van der Waals surface area (Å²) >= 11 is 6.13. The monoisotopic (exact) mass is 357 g/mol. The Labute approximate surface area is 150 Å². The van der Waals surface area contributed by atoms with Gasteiger partial charge in [0.1, 0.15) is 11.5 Å². The Bertz CT molecular complexity index is 875. The maximum Gasteiger partial charge on any atom is 0.249 e.